The van der Waals surface area contributed by atoms with Gasteiger partial charge in [0.25, 0.3) is 0 Å². The molecule has 0 aliphatic carbocycles. The largest absolute Gasteiger partial charge is 0.356 e. The van der Waals surface area contributed by atoms with Gasteiger partial charge in [0.15, 0.2) is 5.82 Å². The molecule has 6 rings (SSSR count). The normalized spacial score (nSPS) is 15.2. The van der Waals surface area contributed by atoms with E-state index in [0.29, 0.717) is 11.9 Å². The van der Waals surface area contributed by atoms with Gasteiger partial charge in [-0.2, -0.15) is 9.97 Å². The number of fused-ring (bicyclic) bond motifs is 2. The maximum atomic E-state index is 4.86. The Hall–Kier alpha value is -3.88. The van der Waals surface area contributed by atoms with Crippen molar-refractivity contribution in [2.75, 3.05) is 23.3 Å². The molecule has 0 atom stereocenters. The number of aryl methyl sites for hydroxylation is 1. The van der Waals surface area contributed by atoms with E-state index < -0.39 is 0 Å². The number of rotatable bonds is 4. The standard InChI is InChI=1S/C22H23N9/c1-30-12-18(26-13-30)27-22-28-20-16(4-8-24-20)21(29-22)31-9-5-14(6-10-31)17-11-25-19-15(17)3-2-7-23-19/h2-4,7-8,11-14H,5-6,9-10H2,1H3,(H,23,25)(H2,24,27,28,29). The predicted octanol–water partition coefficient (Wildman–Crippen LogP) is 3.70. The fraction of sp³-hybridized carbons (Fsp3) is 0.273. The first-order chi connectivity index (χ1) is 15.2. The summed E-state index contributed by atoms with van der Waals surface area (Å²) in [5.41, 5.74) is 3.16. The molecule has 156 valence electrons. The first-order valence-electron chi connectivity index (χ1n) is 10.5. The highest BCUT2D eigenvalue weighted by Crippen LogP contribution is 2.35. The lowest BCUT2D eigenvalue weighted by atomic mass is 9.89. The summed E-state index contributed by atoms with van der Waals surface area (Å²) >= 11 is 0. The second-order valence-corrected chi connectivity index (χ2v) is 8.07. The average Bonchev–Trinajstić information content (AvgIpc) is 3.53. The lowest BCUT2D eigenvalue weighted by Gasteiger charge is -2.33. The van der Waals surface area contributed by atoms with Crippen molar-refractivity contribution in [3.63, 3.8) is 0 Å². The minimum Gasteiger partial charge on any atom is -0.356 e. The predicted molar refractivity (Wildman–Crippen MR) is 121 cm³/mol. The quantitative estimate of drug-likeness (QED) is 0.415. The minimum atomic E-state index is 0.517. The average molecular weight is 413 g/mol. The molecule has 0 saturated carbocycles. The lowest BCUT2D eigenvalue weighted by molar-refractivity contribution is 0.506. The topological polar surface area (TPSA) is 103 Å². The van der Waals surface area contributed by atoms with Crippen LogP contribution < -0.4 is 10.2 Å². The summed E-state index contributed by atoms with van der Waals surface area (Å²) in [5, 5.41) is 5.50. The Kier molecular flexibility index (Phi) is 4.12. The molecular weight excluding hydrogens is 390 g/mol. The fourth-order valence-corrected chi connectivity index (χ4v) is 4.53. The van der Waals surface area contributed by atoms with Gasteiger partial charge in [-0.05, 0) is 42.5 Å². The Balaban J connectivity index is 1.26. The van der Waals surface area contributed by atoms with Crippen LogP contribution in [0.3, 0.4) is 0 Å². The van der Waals surface area contributed by atoms with Crippen LogP contribution in [0.4, 0.5) is 17.6 Å². The molecule has 0 bridgehead atoms. The highest BCUT2D eigenvalue weighted by atomic mass is 15.3. The van der Waals surface area contributed by atoms with Gasteiger partial charge in [0.2, 0.25) is 5.95 Å². The summed E-state index contributed by atoms with van der Waals surface area (Å²) < 4.78 is 1.89. The van der Waals surface area contributed by atoms with Crippen molar-refractivity contribution in [2.45, 2.75) is 18.8 Å². The van der Waals surface area contributed by atoms with Gasteiger partial charge < -0.3 is 24.8 Å². The van der Waals surface area contributed by atoms with Crippen LogP contribution in [0.2, 0.25) is 0 Å². The van der Waals surface area contributed by atoms with E-state index in [9.17, 15) is 0 Å². The summed E-state index contributed by atoms with van der Waals surface area (Å²) in [4.78, 5) is 27.1. The number of nitrogens with one attached hydrogen (secondary N) is 3. The SMILES string of the molecule is Cn1cnc(Nc2nc(N3CCC(c4c[nH]c5ncccc45)CC3)c3cc[nH]c3n2)c1. The van der Waals surface area contributed by atoms with Crippen molar-refractivity contribution in [3.05, 3.63) is 54.9 Å². The van der Waals surface area contributed by atoms with Gasteiger partial charge in [0.1, 0.15) is 17.1 Å². The molecule has 1 saturated heterocycles. The number of piperidine rings is 1. The molecule has 1 aliphatic heterocycles. The maximum Gasteiger partial charge on any atom is 0.232 e. The van der Waals surface area contributed by atoms with Gasteiger partial charge in [0.05, 0.1) is 11.7 Å². The summed E-state index contributed by atoms with van der Waals surface area (Å²) in [6.07, 6.45) is 11.7. The van der Waals surface area contributed by atoms with Crippen LogP contribution in [0.5, 0.6) is 0 Å². The Morgan fingerprint density at radius 3 is 2.77 bits per heavy atom. The van der Waals surface area contributed by atoms with Crippen molar-refractivity contribution < 1.29 is 0 Å². The molecule has 6 heterocycles. The van der Waals surface area contributed by atoms with Crippen LogP contribution in [0.25, 0.3) is 22.1 Å². The smallest absolute Gasteiger partial charge is 0.232 e. The van der Waals surface area contributed by atoms with E-state index >= 15 is 0 Å². The lowest BCUT2D eigenvalue weighted by Crippen LogP contribution is -2.33. The zero-order valence-electron chi connectivity index (χ0n) is 17.2. The number of aromatic nitrogens is 7. The van der Waals surface area contributed by atoms with E-state index in [1.165, 1.54) is 10.9 Å². The Labute approximate surface area is 178 Å². The molecule has 9 heteroatoms. The Morgan fingerprint density at radius 2 is 1.94 bits per heavy atom. The minimum absolute atomic E-state index is 0.517. The third kappa shape index (κ3) is 3.18. The van der Waals surface area contributed by atoms with Gasteiger partial charge in [0, 0.05) is 50.3 Å². The maximum absolute atomic E-state index is 4.86. The first kappa shape index (κ1) is 17.9. The van der Waals surface area contributed by atoms with Crippen molar-refractivity contribution in [3.8, 4) is 0 Å². The van der Waals surface area contributed by atoms with Gasteiger partial charge in [-0.25, -0.2) is 9.97 Å². The van der Waals surface area contributed by atoms with E-state index in [1.54, 1.807) is 6.33 Å². The van der Waals surface area contributed by atoms with Gasteiger partial charge >= 0.3 is 0 Å². The van der Waals surface area contributed by atoms with Crippen molar-refractivity contribution in [2.24, 2.45) is 7.05 Å². The van der Waals surface area contributed by atoms with Crippen LogP contribution in [0, 0.1) is 0 Å². The molecule has 0 aromatic carbocycles. The molecule has 31 heavy (non-hydrogen) atoms. The number of H-pyrrole nitrogens is 2. The van der Waals surface area contributed by atoms with Gasteiger partial charge in [-0.1, -0.05) is 0 Å². The second kappa shape index (κ2) is 7.12. The number of anilines is 3. The molecule has 5 aromatic heterocycles. The molecule has 1 aliphatic rings. The number of aromatic amines is 2. The monoisotopic (exact) mass is 413 g/mol. The Morgan fingerprint density at radius 1 is 1.03 bits per heavy atom. The molecule has 0 unspecified atom stereocenters. The second-order valence-electron chi connectivity index (χ2n) is 8.07. The fourth-order valence-electron chi connectivity index (χ4n) is 4.53. The van der Waals surface area contributed by atoms with E-state index in [1.807, 2.05) is 42.3 Å². The summed E-state index contributed by atoms with van der Waals surface area (Å²) in [5.74, 6) is 2.76. The highest BCUT2D eigenvalue weighted by Gasteiger charge is 2.25. The van der Waals surface area contributed by atoms with Crippen LogP contribution in [-0.4, -0.2) is 47.6 Å². The van der Waals surface area contributed by atoms with Crippen LogP contribution >= 0.6 is 0 Å². The van der Waals surface area contributed by atoms with Crippen LogP contribution in [0.15, 0.2) is 49.3 Å². The third-order valence-electron chi connectivity index (χ3n) is 6.06. The summed E-state index contributed by atoms with van der Waals surface area (Å²) in [6, 6.07) is 6.21. The molecule has 3 N–H and O–H groups in total. The summed E-state index contributed by atoms with van der Waals surface area (Å²) in [7, 11) is 1.94. The number of imidazole rings is 1. The number of pyridine rings is 1. The van der Waals surface area contributed by atoms with Crippen LogP contribution in [0.1, 0.15) is 24.3 Å². The highest BCUT2D eigenvalue weighted by molar-refractivity contribution is 5.89. The molecule has 0 amide bonds. The molecule has 0 spiro atoms. The van der Waals surface area contributed by atoms with Crippen LogP contribution in [-0.2, 0) is 7.05 Å². The molecule has 0 radical (unpaired) electrons. The number of nitrogens with zero attached hydrogens (tertiary/aromatic N) is 6. The zero-order valence-corrected chi connectivity index (χ0v) is 17.2. The van der Waals surface area contributed by atoms with Crippen molar-refractivity contribution in [1.29, 1.82) is 0 Å². The molecule has 1 fully saturated rings. The van der Waals surface area contributed by atoms with Crippen molar-refractivity contribution >= 4 is 39.7 Å². The number of hydrogen-bond acceptors (Lipinski definition) is 6. The van der Waals surface area contributed by atoms with E-state index in [2.05, 4.69) is 47.4 Å². The molecule has 5 aromatic rings. The van der Waals surface area contributed by atoms with Crippen molar-refractivity contribution in [1.82, 2.24) is 34.5 Å². The van der Waals surface area contributed by atoms with E-state index in [4.69, 9.17) is 4.98 Å². The summed E-state index contributed by atoms with van der Waals surface area (Å²) in [6.45, 7) is 1.88. The van der Waals surface area contributed by atoms with Gasteiger partial charge in [-0.3, -0.25) is 0 Å². The van der Waals surface area contributed by atoms with E-state index in [0.717, 1.165) is 54.2 Å². The van der Waals surface area contributed by atoms with Gasteiger partial charge in [-0.15, -0.1) is 0 Å². The first-order valence-corrected chi connectivity index (χ1v) is 10.5. The third-order valence-corrected chi connectivity index (χ3v) is 6.06. The van der Waals surface area contributed by atoms with E-state index in [-0.39, 0.29) is 0 Å². The Bertz CT molecular complexity index is 1350. The molecule has 9 nitrogen and oxygen atoms in total. The zero-order chi connectivity index (χ0) is 20.8. The molecular formula is C22H23N9. The number of hydrogen-bond donors (Lipinski definition) is 3.